The summed E-state index contributed by atoms with van der Waals surface area (Å²) in [6, 6.07) is 7.31. The molecular weight excluding hydrogens is 296 g/mol. The fourth-order valence-electron chi connectivity index (χ4n) is 1.66. The maximum absolute atomic E-state index is 10.9. The molecule has 0 radical (unpaired) electrons. The zero-order valence-electron chi connectivity index (χ0n) is 10.4. The molecule has 0 saturated carbocycles. The van der Waals surface area contributed by atoms with E-state index < -0.39 is 5.97 Å². The van der Waals surface area contributed by atoms with Crippen LogP contribution in [0.4, 0.5) is 5.69 Å². The van der Waals surface area contributed by atoms with E-state index >= 15 is 0 Å². The Bertz CT molecular complexity index is 482. The number of hydrogen-bond acceptors (Lipinski definition) is 3. The smallest absolute Gasteiger partial charge is 0.336 e. The number of anilines is 1. The van der Waals surface area contributed by atoms with E-state index in [9.17, 15) is 4.79 Å². The molecule has 1 atom stereocenters. The lowest BCUT2D eigenvalue weighted by atomic mass is 10.1. The van der Waals surface area contributed by atoms with Gasteiger partial charge in [-0.3, -0.25) is 0 Å². The highest BCUT2D eigenvalue weighted by atomic mass is 79.9. The van der Waals surface area contributed by atoms with E-state index in [4.69, 9.17) is 10.4 Å². The topological polar surface area (TPSA) is 64.3 Å². The zero-order chi connectivity index (χ0) is 13.7. The van der Waals surface area contributed by atoms with Crippen LogP contribution in [0.3, 0.4) is 0 Å². The molecule has 0 spiro atoms. The molecule has 5 heteroatoms. The van der Waals surface area contributed by atoms with Gasteiger partial charge in [0.15, 0.2) is 0 Å². The van der Waals surface area contributed by atoms with Gasteiger partial charge in [0.2, 0.25) is 0 Å². The van der Waals surface area contributed by atoms with Crippen molar-refractivity contribution in [3.05, 3.63) is 28.2 Å². The quantitative estimate of drug-likeness (QED) is 0.907. The largest absolute Gasteiger partial charge is 0.478 e. The van der Waals surface area contributed by atoms with Gasteiger partial charge in [0, 0.05) is 23.2 Å². The van der Waals surface area contributed by atoms with Crippen LogP contribution >= 0.6 is 15.9 Å². The molecule has 0 aromatic heterocycles. The number of rotatable bonds is 5. The maximum Gasteiger partial charge on any atom is 0.336 e. The monoisotopic (exact) mass is 310 g/mol. The molecule has 18 heavy (non-hydrogen) atoms. The minimum atomic E-state index is -0.957. The molecule has 0 saturated heterocycles. The first-order valence-electron chi connectivity index (χ1n) is 5.67. The van der Waals surface area contributed by atoms with Crippen molar-refractivity contribution < 1.29 is 9.90 Å². The van der Waals surface area contributed by atoms with Crippen LogP contribution in [0.5, 0.6) is 0 Å². The second-order valence-corrected chi connectivity index (χ2v) is 4.89. The summed E-state index contributed by atoms with van der Waals surface area (Å²) in [5.41, 5.74) is 1.15. The predicted molar refractivity (Wildman–Crippen MR) is 73.8 cm³/mol. The SMILES string of the molecule is CCN(CC(C)C#N)c1ccc(C(=O)O)c(Br)c1. The molecule has 0 amide bonds. The number of halogens is 1. The van der Waals surface area contributed by atoms with E-state index in [1.54, 1.807) is 18.2 Å². The average molecular weight is 311 g/mol. The first kappa shape index (κ1) is 14.5. The summed E-state index contributed by atoms with van der Waals surface area (Å²) in [7, 11) is 0. The average Bonchev–Trinajstić information content (AvgIpc) is 2.34. The number of carboxylic acid groups (broad SMARTS) is 1. The Morgan fingerprint density at radius 3 is 2.72 bits per heavy atom. The van der Waals surface area contributed by atoms with E-state index in [1.165, 1.54) is 0 Å². The Kier molecular flexibility index (Phi) is 5.17. The van der Waals surface area contributed by atoms with Gasteiger partial charge in [-0.2, -0.15) is 5.26 Å². The van der Waals surface area contributed by atoms with Crippen LogP contribution in [0, 0.1) is 17.2 Å². The van der Waals surface area contributed by atoms with Crippen molar-refractivity contribution in [1.29, 1.82) is 5.26 Å². The standard InChI is InChI=1S/C13H15BrN2O2/c1-3-16(8-9(2)7-15)10-4-5-11(13(17)18)12(14)6-10/h4-6,9H,3,8H2,1-2H3,(H,17,18). The Balaban J connectivity index is 2.98. The number of carbonyl (C=O) groups is 1. The van der Waals surface area contributed by atoms with Crippen LogP contribution in [-0.2, 0) is 0 Å². The molecule has 0 bridgehead atoms. The van der Waals surface area contributed by atoms with Crippen LogP contribution in [0.1, 0.15) is 24.2 Å². The lowest BCUT2D eigenvalue weighted by Gasteiger charge is -2.24. The molecule has 96 valence electrons. The number of hydrogen-bond donors (Lipinski definition) is 1. The fraction of sp³-hybridized carbons (Fsp3) is 0.385. The third-order valence-corrected chi connectivity index (χ3v) is 3.30. The molecule has 1 aromatic rings. The van der Waals surface area contributed by atoms with Gasteiger partial charge in [-0.05, 0) is 48.0 Å². The van der Waals surface area contributed by atoms with Crippen LogP contribution in [0.2, 0.25) is 0 Å². The molecule has 0 aliphatic rings. The lowest BCUT2D eigenvalue weighted by molar-refractivity contribution is 0.0696. The van der Waals surface area contributed by atoms with Gasteiger partial charge in [-0.15, -0.1) is 0 Å². The first-order chi connectivity index (χ1) is 8.49. The summed E-state index contributed by atoms with van der Waals surface area (Å²) in [5.74, 6) is -1.02. The molecule has 1 rings (SSSR count). The molecule has 1 aromatic carbocycles. The third-order valence-electron chi connectivity index (χ3n) is 2.64. The molecular formula is C13H15BrN2O2. The number of benzene rings is 1. The normalized spacial score (nSPS) is 11.7. The van der Waals surface area contributed by atoms with Crippen LogP contribution < -0.4 is 4.90 Å². The molecule has 1 N–H and O–H groups in total. The van der Waals surface area contributed by atoms with E-state index in [-0.39, 0.29) is 11.5 Å². The Hall–Kier alpha value is -1.54. The lowest BCUT2D eigenvalue weighted by Crippen LogP contribution is -2.27. The van der Waals surface area contributed by atoms with Gasteiger partial charge in [0.25, 0.3) is 0 Å². The highest BCUT2D eigenvalue weighted by Gasteiger charge is 2.13. The van der Waals surface area contributed by atoms with Crippen molar-refractivity contribution >= 4 is 27.6 Å². The van der Waals surface area contributed by atoms with E-state index in [0.29, 0.717) is 11.0 Å². The second-order valence-electron chi connectivity index (χ2n) is 4.04. The van der Waals surface area contributed by atoms with E-state index in [1.807, 2.05) is 18.7 Å². The number of carboxylic acids is 1. The van der Waals surface area contributed by atoms with Crippen molar-refractivity contribution in [1.82, 2.24) is 0 Å². The van der Waals surface area contributed by atoms with Crippen LogP contribution in [0.25, 0.3) is 0 Å². The molecule has 1 unspecified atom stereocenters. The molecule has 0 heterocycles. The van der Waals surface area contributed by atoms with Crippen molar-refractivity contribution in [3.8, 4) is 6.07 Å². The Labute approximate surface area is 115 Å². The maximum atomic E-state index is 10.9. The van der Waals surface area contributed by atoms with Gasteiger partial charge in [-0.25, -0.2) is 4.79 Å². The second kappa shape index (κ2) is 6.41. The number of nitrogens with zero attached hydrogens (tertiary/aromatic N) is 2. The summed E-state index contributed by atoms with van der Waals surface area (Å²) in [6.07, 6.45) is 0. The highest BCUT2D eigenvalue weighted by molar-refractivity contribution is 9.10. The molecule has 0 aliphatic heterocycles. The summed E-state index contributed by atoms with van der Waals surface area (Å²) in [5, 5.41) is 17.8. The molecule has 0 fully saturated rings. The fourth-order valence-corrected chi connectivity index (χ4v) is 2.20. The van der Waals surface area contributed by atoms with Crippen molar-refractivity contribution in [2.24, 2.45) is 5.92 Å². The third kappa shape index (κ3) is 3.47. The minimum absolute atomic E-state index is 0.0668. The number of nitriles is 1. The van der Waals surface area contributed by atoms with Gasteiger partial charge < -0.3 is 10.0 Å². The van der Waals surface area contributed by atoms with Crippen LogP contribution in [0.15, 0.2) is 22.7 Å². The Morgan fingerprint density at radius 1 is 1.61 bits per heavy atom. The van der Waals surface area contributed by atoms with Gasteiger partial charge in [0.1, 0.15) is 0 Å². The predicted octanol–water partition coefficient (Wildman–Crippen LogP) is 3.13. The summed E-state index contributed by atoms with van der Waals surface area (Å²) in [4.78, 5) is 13.0. The van der Waals surface area contributed by atoms with Gasteiger partial charge in [-0.1, -0.05) is 0 Å². The zero-order valence-corrected chi connectivity index (χ0v) is 11.9. The van der Waals surface area contributed by atoms with Crippen molar-refractivity contribution in [2.45, 2.75) is 13.8 Å². The van der Waals surface area contributed by atoms with Gasteiger partial charge >= 0.3 is 5.97 Å². The van der Waals surface area contributed by atoms with Crippen molar-refractivity contribution in [2.75, 3.05) is 18.0 Å². The summed E-state index contributed by atoms with van der Waals surface area (Å²) < 4.78 is 0.551. The number of aromatic carboxylic acids is 1. The van der Waals surface area contributed by atoms with Crippen LogP contribution in [-0.4, -0.2) is 24.2 Å². The highest BCUT2D eigenvalue weighted by Crippen LogP contribution is 2.24. The Morgan fingerprint density at radius 2 is 2.28 bits per heavy atom. The first-order valence-corrected chi connectivity index (χ1v) is 6.46. The summed E-state index contributed by atoms with van der Waals surface area (Å²) >= 11 is 3.26. The molecule has 0 aliphatic carbocycles. The van der Waals surface area contributed by atoms with E-state index in [2.05, 4.69) is 22.0 Å². The van der Waals surface area contributed by atoms with Gasteiger partial charge in [0.05, 0.1) is 17.6 Å². The minimum Gasteiger partial charge on any atom is -0.478 e. The molecule has 4 nitrogen and oxygen atoms in total. The summed E-state index contributed by atoms with van der Waals surface area (Å²) in [6.45, 7) is 5.27. The van der Waals surface area contributed by atoms with E-state index in [0.717, 1.165) is 12.2 Å². The van der Waals surface area contributed by atoms with Crippen molar-refractivity contribution in [3.63, 3.8) is 0 Å².